The van der Waals surface area contributed by atoms with Gasteiger partial charge in [-0.05, 0) is 44.0 Å². The Morgan fingerprint density at radius 2 is 1.96 bits per heavy atom. The van der Waals surface area contributed by atoms with Gasteiger partial charge in [0.25, 0.3) is 0 Å². The van der Waals surface area contributed by atoms with Crippen LogP contribution >= 0.6 is 0 Å². The monoisotopic (exact) mass is 375 g/mol. The van der Waals surface area contributed by atoms with Crippen molar-refractivity contribution in [3.63, 3.8) is 0 Å². The van der Waals surface area contributed by atoms with Crippen molar-refractivity contribution in [2.75, 3.05) is 13.1 Å². The quantitative estimate of drug-likeness (QED) is 0.357. The molecule has 0 unspecified atom stereocenters. The molecule has 0 bridgehead atoms. The molecule has 0 saturated carbocycles. The smallest absolute Gasteiger partial charge is 0.191 e. The number of pyridine rings is 1. The number of aromatic amines is 1. The van der Waals surface area contributed by atoms with Crippen LogP contribution in [0, 0.1) is 6.92 Å². The Labute approximate surface area is 163 Å². The highest BCUT2D eigenvalue weighted by Gasteiger charge is 2.08. The normalized spacial score (nSPS) is 12.0. The molecule has 3 heterocycles. The number of hydrogen-bond donors (Lipinski definition) is 3. The Morgan fingerprint density at radius 1 is 1.11 bits per heavy atom. The molecule has 3 aromatic heterocycles. The van der Waals surface area contributed by atoms with Crippen LogP contribution in [0.15, 0.2) is 53.7 Å². The molecular weight excluding hydrogens is 350 g/mol. The van der Waals surface area contributed by atoms with Gasteiger partial charge < -0.3 is 15.6 Å². The number of aliphatic imine (C=N–C) groups is 1. The summed E-state index contributed by atoms with van der Waals surface area (Å²) in [4.78, 5) is 8.13. The van der Waals surface area contributed by atoms with E-state index in [9.17, 15) is 0 Å². The molecule has 144 valence electrons. The second kappa shape index (κ2) is 8.12. The van der Waals surface area contributed by atoms with Crippen molar-refractivity contribution in [2.45, 2.75) is 26.8 Å². The highest BCUT2D eigenvalue weighted by molar-refractivity contribution is 5.84. The Balaban J connectivity index is 1.43. The highest BCUT2D eigenvalue weighted by atomic mass is 15.3. The number of H-pyrrole nitrogens is 1. The number of rotatable bonds is 6. The molecule has 4 aromatic rings. The first-order valence-electron chi connectivity index (χ1n) is 9.63. The molecular formula is C21H25N7. The molecule has 4 rings (SSSR count). The van der Waals surface area contributed by atoms with Gasteiger partial charge in [-0.25, -0.2) is 4.99 Å². The molecule has 0 amide bonds. The van der Waals surface area contributed by atoms with Crippen molar-refractivity contribution in [3.8, 4) is 0 Å². The Morgan fingerprint density at radius 3 is 2.86 bits per heavy atom. The minimum absolute atomic E-state index is 0.465. The fraction of sp³-hybridized carbons (Fsp3) is 0.286. The largest absolute Gasteiger partial charge is 0.358 e. The van der Waals surface area contributed by atoms with Crippen molar-refractivity contribution in [3.05, 3.63) is 65.7 Å². The van der Waals surface area contributed by atoms with Crippen molar-refractivity contribution in [2.24, 2.45) is 4.99 Å². The summed E-state index contributed by atoms with van der Waals surface area (Å²) in [6, 6.07) is 14.3. The number of aryl methyl sites for hydroxylation is 1. The number of aromatic nitrogens is 4. The van der Waals surface area contributed by atoms with Crippen LogP contribution < -0.4 is 10.6 Å². The van der Waals surface area contributed by atoms with Crippen molar-refractivity contribution >= 4 is 22.5 Å². The predicted molar refractivity (Wildman–Crippen MR) is 113 cm³/mol. The van der Waals surface area contributed by atoms with Crippen molar-refractivity contribution < 1.29 is 0 Å². The minimum atomic E-state index is 0.465. The number of hydrogen-bond acceptors (Lipinski definition) is 3. The van der Waals surface area contributed by atoms with Gasteiger partial charge in [-0.2, -0.15) is 0 Å². The van der Waals surface area contributed by atoms with Crippen LogP contribution in [0.3, 0.4) is 0 Å². The average Bonchev–Trinajstić information content (AvgIpc) is 3.27. The lowest BCUT2D eigenvalue weighted by Crippen LogP contribution is -2.38. The van der Waals surface area contributed by atoms with Crippen LogP contribution in [-0.4, -0.2) is 38.6 Å². The predicted octanol–water partition coefficient (Wildman–Crippen LogP) is 2.82. The summed E-state index contributed by atoms with van der Waals surface area (Å²) in [5, 5.41) is 16.4. The summed E-state index contributed by atoms with van der Waals surface area (Å²) in [7, 11) is 0. The first-order valence-corrected chi connectivity index (χ1v) is 9.63. The second-order valence-corrected chi connectivity index (χ2v) is 6.69. The summed E-state index contributed by atoms with van der Waals surface area (Å²) >= 11 is 0. The number of benzene rings is 1. The molecule has 1 aromatic carbocycles. The van der Waals surface area contributed by atoms with E-state index in [2.05, 4.69) is 68.9 Å². The van der Waals surface area contributed by atoms with Gasteiger partial charge in [-0.3, -0.25) is 4.40 Å². The third kappa shape index (κ3) is 3.69. The molecule has 0 aliphatic heterocycles. The molecule has 0 spiro atoms. The van der Waals surface area contributed by atoms with Gasteiger partial charge in [0.2, 0.25) is 0 Å². The van der Waals surface area contributed by atoms with Crippen LogP contribution in [-0.2, 0) is 13.0 Å². The van der Waals surface area contributed by atoms with E-state index < -0.39 is 0 Å². The van der Waals surface area contributed by atoms with E-state index in [0.29, 0.717) is 6.54 Å². The molecule has 7 heteroatoms. The Hall–Kier alpha value is -3.35. The van der Waals surface area contributed by atoms with Gasteiger partial charge in [0.1, 0.15) is 6.54 Å². The molecule has 0 aliphatic rings. The SMILES string of the molecule is CCNC(=NCc1nnc2ccccn12)NCCc1c(C)[nH]c2ccccc12. The maximum atomic E-state index is 4.67. The van der Waals surface area contributed by atoms with Gasteiger partial charge in [-0.15, -0.1) is 10.2 Å². The summed E-state index contributed by atoms with van der Waals surface area (Å²) in [6.07, 6.45) is 2.88. The number of nitrogens with one attached hydrogen (secondary N) is 3. The van der Waals surface area contributed by atoms with Crippen molar-refractivity contribution in [1.82, 2.24) is 30.2 Å². The Bertz CT molecular complexity index is 1110. The van der Waals surface area contributed by atoms with E-state index in [1.807, 2.05) is 28.8 Å². The first kappa shape index (κ1) is 18.0. The fourth-order valence-electron chi connectivity index (χ4n) is 3.45. The summed E-state index contributed by atoms with van der Waals surface area (Å²) in [6.45, 7) is 6.26. The Kier molecular flexibility index (Phi) is 5.23. The summed E-state index contributed by atoms with van der Waals surface area (Å²) in [5.41, 5.74) is 4.59. The van der Waals surface area contributed by atoms with Gasteiger partial charge in [0.15, 0.2) is 17.4 Å². The van der Waals surface area contributed by atoms with E-state index >= 15 is 0 Å². The minimum Gasteiger partial charge on any atom is -0.358 e. The fourth-order valence-corrected chi connectivity index (χ4v) is 3.45. The standard InChI is InChI=1S/C21H25N7/c1-3-22-21(24-14-20-27-26-19-10-6-7-13-28(19)20)23-12-11-16-15(2)25-18-9-5-4-8-17(16)18/h4-10,13,25H,3,11-12,14H2,1-2H3,(H2,22,23,24). The van der Waals surface area contributed by atoms with Crippen LogP contribution in [0.25, 0.3) is 16.6 Å². The number of para-hydroxylation sites is 1. The van der Waals surface area contributed by atoms with Gasteiger partial charge in [-0.1, -0.05) is 24.3 Å². The molecule has 28 heavy (non-hydrogen) atoms. The third-order valence-electron chi connectivity index (χ3n) is 4.80. The van der Waals surface area contributed by atoms with E-state index in [-0.39, 0.29) is 0 Å². The summed E-state index contributed by atoms with van der Waals surface area (Å²) in [5.74, 6) is 1.60. The lowest BCUT2D eigenvalue weighted by molar-refractivity contribution is 0.787. The molecule has 0 atom stereocenters. The van der Waals surface area contributed by atoms with Crippen LogP contribution in [0.1, 0.15) is 24.0 Å². The molecule has 0 saturated heterocycles. The second-order valence-electron chi connectivity index (χ2n) is 6.69. The lowest BCUT2D eigenvalue weighted by atomic mass is 10.1. The zero-order valence-corrected chi connectivity index (χ0v) is 16.2. The van der Waals surface area contributed by atoms with Crippen molar-refractivity contribution in [1.29, 1.82) is 0 Å². The van der Waals surface area contributed by atoms with E-state index in [1.165, 1.54) is 22.2 Å². The summed E-state index contributed by atoms with van der Waals surface area (Å²) < 4.78 is 1.96. The number of guanidine groups is 1. The van der Waals surface area contributed by atoms with Gasteiger partial charge >= 0.3 is 0 Å². The highest BCUT2D eigenvalue weighted by Crippen LogP contribution is 2.21. The van der Waals surface area contributed by atoms with E-state index in [1.54, 1.807) is 0 Å². The molecule has 0 aliphatic carbocycles. The number of nitrogens with zero attached hydrogens (tertiary/aromatic N) is 4. The molecule has 3 N–H and O–H groups in total. The zero-order valence-electron chi connectivity index (χ0n) is 16.2. The van der Waals surface area contributed by atoms with Gasteiger partial charge in [0.05, 0.1) is 0 Å². The maximum absolute atomic E-state index is 4.67. The van der Waals surface area contributed by atoms with Crippen LogP contribution in [0.2, 0.25) is 0 Å². The molecule has 0 fully saturated rings. The number of fused-ring (bicyclic) bond motifs is 2. The third-order valence-corrected chi connectivity index (χ3v) is 4.80. The zero-order chi connectivity index (χ0) is 19.3. The van der Waals surface area contributed by atoms with E-state index in [4.69, 9.17) is 0 Å². The molecule has 0 radical (unpaired) electrons. The average molecular weight is 375 g/mol. The van der Waals surface area contributed by atoms with Gasteiger partial charge in [0, 0.05) is 35.9 Å². The topological polar surface area (TPSA) is 82.4 Å². The maximum Gasteiger partial charge on any atom is 0.191 e. The van der Waals surface area contributed by atoms with Crippen LogP contribution in [0.5, 0.6) is 0 Å². The molecule has 7 nitrogen and oxygen atoms in total. The van der Waals surface area contributed by atoms with Crippen LogP contribution in [0.4, 0.5) is 0 Å². The first-order chi connectivity index (χ1) is 13.8. The van der Waals surface area contributed by atoms with E-state index in [0.717, 1.165) is 36.9 Å². The lowest BCUT2D eigenvalue weighted by Gasteiger charge is -2.11.